The van der Waals surface area contributed by atoms with Crippen LogP contribution >= 0.6 is 11.6 Å². The van der Waals surface area contributed by atoms with E-state index in [0.717, 1.165) is 31.2 Å². The van der Waals surface area contributed by atoms with Crippen LogP contribution in [-0.2, 0) is 16.4 Å². The van der Waals surface area contributed by atoms with Gasteiger partial charge in [-0.3, -0.25) is 0 Å². The molecule has 4 nitrogen and oxygen atoms in total. The minimum Gasteiger partial charge on any atom is -0.392 e. The molecule has 1 aromatic rings. The van der Waals surface area contributed by atoms with E-state index < -0.39 is 16.1 Å². The number of hydrogen-bond donors (Lipinski definition) is 1. The lowest BCUT2D eigenvalue weighted by Crippen LogP contribution is -2.48. The van der Waals surface area contributed by atoms with Gasteiger partial charge in [0.05, 0.1) is 17.0 Å². The fourth-order valence-corrected chi connectivity index (χ4v) is 4.84. The van der Waals surface area contributed by atoms with Crippen molar-refractivity contribution in [2.45, 2.75) is 56.1 Å². The van der Waals surface area contributed by atoms with E-state index in [4.69, 9.17) is 11.6 Å². The summed E-state index contributed by atoms with van der Waals surface area (Å²) in [7, 11) is -3.55. The van der Waals surface area contributed by atoms with Crippen LogP contribution in [0.25, 0.3) is 0 Å². The zero-order valence-corrected chi connectivity index (χ0v) is 14.5. The smallest absolute Gasteiger partial charge is 0.243 e. The molecule has 2 atom stereocenters. The molecule has 1 aliphatic heterocycles. The molecule has 2 unspecified atom stereocenters. The van der Waals surface area contributed by atoms with Crippen LogP contribution in [0.5, 0.6) is 0 Å². The Bertz CT molecular complexity index is 572. The molecular formula is C16H24ClNO3S. The molecule has 2 rings (SSSR count). The second-order valence-corrected chi connectivity index (χ2v) is 8.12. The van der Waals surface area contributed by atoms with Gasteiger partial charge in [-0.15, -0.1) is 11.6 Å². The lowest BCUT2D eigenvalue weighted by atomic mass is 10.0. The van der Waals surface area contributed by atoms with Gasteiger partial charge in [-0.05, 0) is 50.3 Å². The average molecular weight is 346 g/mol. The molecule has 124 valence electrons. The van der Waals surface area contributed by atoms with Crippen LogP contribution in [0.2, 0.25) is 0 Å². The molecular weight excluding hydrogens is 322 g/mol. The number of sulfonamides is 1. The van der Waals surface area contributed by atoms with E-state index in [1.54, 1.807) is 19.1 Å². The number of rotatable bonds is 6. The van der Waals surface area contributed by atoms with E-state index in [-0.39, 0.29) is 6.04 Å². The zero-order valence-electron chi connectivity index (χ0n) is 12.9. The Morgan fingerprint density at radius 1 is 1.32 bits per heavy atom. The summed E-state index contributed by atoms with van der Waals surface area (Å²) in [6.45, 7) is 2.14. The Morgan fingerprint density at radius 3 is 2.59 bits per heavy atom. The summed E-state index contributed by atoms with van der Waals surface area (Å²) in [5, 5.41) is 9.88. The average Bonchev–Trinajstić information content (AvgIpc) is 2.53. The van der Waals surface area contributed by atoms with Gasteiger partial charge in [0.2, 0.25) is 10.0 Å². The third kappa shape index (κ3) is 4.02. The van der Waals surface area contributed by atoms with Crippen LogP contribution in [0.15, 0.2) is 29.2 Å². The van der Waals surface area contributed by atoms with Gasteiger partial charge in [-0.2, -0.15) is 4.31 Å². The number of aliphatic hydroxyl groups is 1. The number of nitrogens with zero attached hydrogens (tertiary/aromatic N) is 1. The molecule has 1 saturated heterocycles. The van der Waals surface area contributed by atoms with Crippen molar-refractivity contribution >= 4 is 21.6 Å². The van der Waals surface area contributed by atoms with Crippen LogP contribution in [0.4, 0.5) is 0 Å². The second-order valence-electron chi connectivity index (χ2n) is 5.86. The summed E-state index contributed by atoms with van der Waals surface area (Å²) in [5.41, 5.74) is 1.09. The molecule has 0 bridgehead atoms. The predicted molar refractivity (Wildman–Crippen MR) is 88.7 cm³/mol. The normalized spacial score (nSPS) is 21.7. The van der Waals surface area contributed by atoms with Crippen molar-refractivity contribution in [3.8, 4) is 0 Å². The SMILES string of the molecule is CC(O)C1CCCCN1S(=O)(=O)c1ccc(CCCCl)cc1. The lowest BCUT2D eigenvalue weighted by Gasteiger charge is -2.36. The number of aliphatic hydroxyl groups excluding tert-OH is 1. The van der Waals surface area contributed by atoms with Crippen LogP contribution in [-0.4, -0.2) is 42.4 Å². The highest BCUT2D eigenvalue weighted by atomic mass is 35.5. The highest BCUT2D eigenvalue weighted by Gasteiger charge is 2.35. The van der Waals surface area contributed by atoms with Crippen molar-refractivity contribution in [1.82, 2.24) is 4.31 Å². The molecule has 1 fully saturated rings. The summed E-state index contributed by atoms with van der Waals surface area (Å²) in [5.74, 6) is 0.601. The van der Waals surface area contributed by atoms with Crippen molar-refractivity contribution in [3.63, 3.8) is 0 Å². The first-order valence-electron chi connectivity index (χ1n) is 7.81. The quantitative estimate of drug-likeness (QED) is 0.806. The molecule has 1 N–H and O–H groups in total. The number of alkyl halides is 1. The van der Waals surface area contributed by atoms with Gasteiger partial charge in [0.15, 0.2) is 0 Å². The number of piperidine rings is 1. The number of hydrogen-bond acceptors (Lipinski definition) is 3. The third-order valence-corrected chi connectivity index (χ3v) is 6.39. The van der Waals surface area contributed by atoms with E-state index in [2.05, 4.69) is 0 Å². The Morgan fingerprint density at radius 2 is 2.00 bits per heavy atom. The predicted octanol–water partition coefficient (Wildman–Crippen LogP) is 2.78. The van der Waals surface area contributed by atoms with Crippen LogP contribution < -0.4 is 0 Å². The summed E-state index contributed by atoms with van der Waals surface area (Å²) in [6.07, 6.45) is 3.59. The topological polar surface area (TPSA) is 57.6 Å². The van der Waals surface area contributed by atoms with Gasteiger partial charge in [0.1, 0.15) is 0 Å². The first kappa shape index (κ1) is 17.7. The van der Waals surface area contributed by atoms with Crippen molar-refractivity contribution < 1.29 is 13.5 Å². The number of aryl methyl sites for hydroxylation is 1. The molecule has 1 aromatic carbocycles. The van der Waals surface area contributed by atoms with Crippen LogP contribution in [0.1, 0.15) is 38.2 Å². The molecule has 0 spiro atoms. The van der Waals surface area contributed by atoms with Gasteiger partial charge in [0.25, 0.3) is 0 Å². The first-order valence-corrected chi connectivity index (χ1v) is 9.79. The zero-order chi connectivity index (χ0) is 16.2. The summed E-state index contributed by atoms with van der Waals surface area (Å²) in [6, 6.07) is 6.69. The number of benzene rings is 1. The Labute approximate surface area is 138 Å². The maximum atomic E-state index is 12.8. The highest BCUT2D eigenvalue weighted by molar-refractivity contribution is 7.89. The van der Waals surface area contributed by atoms with Crippen molar-refractivity contribution in [2.75, 3.05) is 12.4 Å². The molecule has 0 amide bonds. The molecule has 0 aromatic heterocycles. The third-order valence-electron chi connectivity index (χ3n) is 4.18. The van der Waals surface area contributed by atoms with Crippen LogP contribution in [0.3, 0.4) is 0 Å². The number of halogens is 1. The van der Waals surface area contributed by atoms with Gasteiger partial charge < -0.3 is 5.11 Å². The molecule has 0 saturated carbocycles. The maximum Gasteiger partial charge on any atom is 0.243 e. The molecule has 1 heterocycles. The minimum atomic E-state index is -3.55. The Balaban J connectivity index is 2.21. The lowest BCUT2D eigenvalue weighted by molar-refractivity contribution is 0.0831. The summed E-state index contributed by atoms with van der Waals surface area (Å²) >= 11 is 5.68. The Hall–Kier alpha value is -0.620. The van der Waals surface area contributed by atoms with Gasteiger partial charge >= 0.3 is 0 Å². The van der Waals surface area contributed by atoms with E-state index >= 15 is 0 Å². The van der Waals surface area contributed by atoms with Gasteiger partial charge in [-0.1, -0.05) is 18.6 Å². The molecule has 22 heavy (non-hydrogen) atoms. The largest absolute Gasteiger partial charge is 0.392 e. The van der Waals surface area contributed by atoms with Crippen molar-refractivity contribution in [3.05, 3.63) is 29.8 Å². The summed E-state index contributed by atoms with van der Waals surface area (Å²) < 4.78 is 27.1. The molecule has 1 aliphatic rings. The van der Waals surface area contributed by atoms with Crippen molar-refractivity contribution in [1.29, 1.82) is 0 Å². The monoisotopic (exact) mass is 345 g/mol. The van der Waals surface area contributed by atoms with Gasteiger partial charge in [-0.25, -0.2) is 8.42 Å². The fraction of sp³-hybridized carbons (Fsp3) is 0.625. The van der Waals surface area contributed by atoms with Crippen molar-refractivity contribution in [2.24, 2.45) is 0 Å². The van der Waals surface area contributed by atoms with Gasteiger partial charge in [0, 0.05) is 12.4 Å². The Kier molecular flexibility index (Phi) is 6.26. The highest BCUT2D eigenvalue weighted by Crippen LogP contribution is 2.27. The second kappa shape index (κ2) is 7.77. The fourth-order valence-electron chi connectivity index (χ4n) is 2.95. The summed E-state index contributed by atoms with van der Waals surface area (Å²) in [4.78, 5) is 0.301. The van der Waals surface area contributed by atoms with E-state index in [9.17, 15) is 13.5 Å². The van der Waals surface area contributed by atoms with E-state index in [0.29, 0.717) is 23.7 Å². The minimum absolute atomic E-state index is 0.301. The molecule has 0 radical (unpaired) electrons. The molecule has 0 aliphatic carbocycles. The standard InChI is InChI=1S/C16H24ClNO3S/c1-13(19)16-6-2-3-12-18(16)22(20,21)15-9-7-14(8-10-15)5-4-11-17/h7-10,13,16,19H,2-6,11-12H2,1H3. The first-order chi connectivity index (χ1) is 10.5. The van der Waals surface area contributed by atoms with E-state index in [1.165, 1.54) is 4.31 Å². The van der Waals surface area contributed by atoms with Crippen LogP contribution in [0, 0.1) is 0 Å². The molecule has 6 heteroatoms. The maximum absolute atomic E-state index is 12.8. The van der Waals surface area contributed by atoms with E-state index in [1.807, 2.05) is 12.1 Å².